The topological polar surface area (TPSA) is 110 Å². The van der Waals surface area contributed by atoms with E-state index in [1.807, 2.05) is 20.8 Å². The van der Waals surface area contributed by atoms with Crippen molar-refractivity contribution in [1.82, 2.24) is 25.1 Å². The maximum absolute atomic E-state index is 11.5. The Morgan fingerprint density at radius 3 is 2.61 bits per heavy atom. The number of rotatable bonds is 0. The molecule has 0 aromatic carbocycles. The number of aromatic nitrogens is 4. The molecule has 2 aromatic heterocycles. The normalized spacial score (nSPS) is 15.0. The molecule has 8 heteroatoms. The van der Waals surface area contributed by atoms with Gasteiger partial charge in [-0.25, -0.2) is 14.8 Å². The fraction of sp³-hybridized carbons (Fsp3) is 0.600. The Morgan fingerprint density at radius 2 is 2.00 bits per heavy atom. The molecule has 2 aromatic rings. The zero-order chi connectivity index (χ0) is 16.9. The van der Waals surface area contributed by atoms with Crippen LogP contribution in [0, 0.1) is 0 Å². The van der Waals surface area contributed by atoms with E-state index in [1.165, 1.54) is 12.7 Å². The summed E-state index contributed by atoms with van der Waals surface area (Å²) in [6.07, 6.45) is 6.37. The number of H-pyrrole nitrogens is 1. The number of anilines is 1. The summed E-state index contributed by atoms with van der Waals surface area (Å²) in [6, 6.07) is 0. The number of aromatic amines is 1. The summed E-state index contributed by atoms with van der Waals surface area (Å²) in [4.78, 5) is 21.0. The number of fused-ring (bicyclic) bond motifs is 1. The molecule has 0 unspecified atom stereocenters. The lowest BCUT2D eigenvalue weighted by atomic mass is 10.1. The third-order valence-corrected chi connectivity index (χ3v) is 3.26. The van der Waals surface area contributed by atoms with Crippen molar-refractivity contribution in [2.75, 3.05) is 18.8 Å². The first-order valence-corrected chi connectivity index (χ1v) is 7.74. The molecule has 3 N–H and O–H groups in total. The van der Waals surface area contributed by atoms with Gasteiger partial charge in [0.05, 0.1) is 6.20 Å². The van der Waals surface area contributed by atoms with Crippen molar-refractivity contribution in [3.63, 3.8) is 0 Å². The summed E-state index contributed by atoms with van der Waals surface area (Å²) in [5.41, 5.74) is 6.52. The maximum atomic E-state index is 11.5. The molecule has 0 bridgehead atoms. The fourth-order valence-corrected chi connectivity index (χ4v) is 2.19. The minimum atomic E-state index is -0.367. The molecule has 0 aliphatic carbocycles. The smallest absolute Gasteiger partial charge is 0.410 e. The molecule has 3 rings (SSSR count). The van der Waals surface area contributed by atoms with Gasteiger partial charge in [0.15, 0.2) is 5.82 Å². The molecule has 0 saturated carbocycles. The van der Waals surface area contributed by atoms with Gasteiger partial charge < -0.3 is 15.4 Å². The molecule has 0 radical (unpaired) electrons. The van der Waals surface area contributed by atoms with Gasteiger partial charge in [0.2, 0.25) is 0 Å². The van der Waals surface area contributed by atoms with Crippen LogP contribution in [0.15, 0.2) is 12.5 Å². The number of nitrogens with one attached hydrogen (secondary N) is 1. The van der Waals surface area contributed by atoms with Gasteiger partial charge in [-0.05, 0) is 40.0 Å². The minimum Gasteiger partial charge on any atom is -0.444 e. The lowest BCUT2D eigenvalue weighted by Crippen LogP contribution is -2.39. The number of nitrogens with two attached hydrogens (primary N) is 1. The van der Waals surface area contributed by atoms with E-state index >= 15 is 0 Å². The number of nitrogens with zero attached hydrogens (tertiary/aromatic N) is 4. The van der Waals surface area contributed by atoms with Gasteiger partial charge in [-0.15, -0.1) is 0 Å². The number of carbonyl (C=O) groups excluding carboxylic acids is 1. The van der Waals surface area contributed by atoms with Gasteiger partial charge in [-0.1, -0.05) is 0 Å². The van der Waals surface area contributed by atoms with Gasteiger partial charge in [0.25, 0.3) is 0 Å². The van der Waals surface area contributed by atoms with Crippen molar-refractivity contribution < 1.29 is 9.53 Å². The second-order valence-corrected chi connectivity index (χ2v) is 6.42. The Bertz CT molecular complexity index is 643. The molecule has 3 heterocycles. The molecule has 1 aliphatic rings. The van der Waals surface area contributed by atoms with Gasteiger partial charge >= 0.3 is 6.09 Å². The molecule has 23 heavy (non-hydrogen) atoms. The summed E-state index contributed by atoms with van der Waals surface area (Å²) in [6.45, 7) is 7.41. The van der Waals surface area contributed by atoms with Crippen LogP contribution < -0.4 is 5.73 Å². The van der Waals surface area contributed by atoms with Crippen LogP contribution in [0.2, 0.25) is 0 Å². The van der Waals surface area contributed by atoms with Crippen molar-refractivity contribution in [2.45, 2.75) is 45.6 Å². The highest BCUT2D eigenvalue weighted by molar-refractivity contribution is 5.83. The summed E-state index contributed by atoms with van der Waals surface area (Å²) < 4.78 is 5.26. The van der Waals surface area contributed by atoms with Crippen LogP contribution in [-0.2, 0) is 4.74 Å². The first kappa shape index (κ1) is 17.0. The third-order valence-electron chi connectivity index (χ3n) is 3.26. The first-order valence-electron chi connectivity index (χ1n) is 7.74. The van der Waals surface area contributed by atoms with Crippen molar-refractivity contribution in [3.05, 3.63) is 12.5 Å². The highest BCUT2D eigenvalue weighted by Gasteiger charge is 2.22. The largest absolute Gasteiger partial charge is 0.444 e. The molecule has 0 spiro atoms. The molecule has 1 saturated heterocycles. The predicted molar refractivity (Wildman–Crippen MR) is 87.8 cm³/mol. The first-order chi connectivity index (χ1) is 10.9. The Kier molecular flexibility index (Phi) is 5.36. The van der Waals surface area contributed by atoms with Crippen LogP contribution >= 0.6 is 0 Å². The molecule has 1 amide bonds. The number of ether oxygens (including phenoxy) is 1. The van der Waals surface area contributed by atoms with Crippen LogP contribution in [0.1, 0.15) is 40.0 Å². The number of likely N-dealkylation sites (tertiary alicyclic amines) is 1. The number of nitrogen functional groups attached to an aromatic ring is 1. The molecule has 8 nitrogen and oxygen atoms in total. The van der Waals surface area contributed by atoms with E-state index in [4.69, 9.17) is 10.5 Å². The second kappa shape index (κ2) is 7.26. The van der Waals surface area contributed by atoms with E-state index in [0.717, 1.165) is 31.4 Å². The molecular formula is C15H24N6O2. The molecule has 0 atom stereocenters. The average Bonchev–Trinajstić information content (AvgIpc) is 2.89. The zero-order valence-corrected chi connectivity index (χ0v) is 13.9. The summed E-state index contributed by atoms with van der Waals surface area (Å²) in [5.74, 6) is 0.414. The fourth-order valence-electron chi connectivity index (χ4n) is 2.19. The van der Waals surface area contributed by atoms with Gasteiger partial charge in [-0.3, -0.25) is 5.10 Å². The molecule has 1 aliphatic heterocycles. The third kappa shape index (κ3) is 5.08. The van der Waals surface area contributed by atoms with Crippen LogP contribution in [0.5, 0.6) is 0 Å². The van der Waals surface area contributed by atoms with Gasteiger partial charge in [0.1, 0.15) is 23.0 Å². The zero-order valence-electron chi connectivity index (χ0n) is 13.9. The summed E-state index contributed by atoms with van der Waals surface area (Å²) >= 11 is 0. The van der Waals surface area contributed by atoms with E-state index in [-0.39, 0.29) is 11.7 Å². The van der Waals surface area contributed by atoms with Crippen molar-refractivity contribution in [3.8, 4) is 0 Å². The number of amides is 1. The standard InChI is InChI=1S/C10H19NO2.C5H5N5/c1-10(2,3)13-9(12)11-7-5-4-6-8-11;6-5-4-3(9-10-5)1-7-2-8-4/h4-8H2,1-3H3;1-2H,(H3,6,9,10). The predicted octanol–water partition coefficient (Wildman–Crippen LogP) is 2.34. The van der Waals surface area contributed by atoms with E-state index in [2.05, 4.69) is 20.2 Å². The quantitative estimate of drug-likeness (QED) is 0.771. The monoisotopic (exact) mass is 320 g/mol. The van der Waals surface area contributed by atoms with E-state index < -0.39 is 0 Å². The number of piperidine rings is 1. The van der Waals surface area contributed by atoms with Crippen LogP contribution in [0.25, 0.3) is 11.0 Å². The average molecular weight is 320 g/mol. The van der Waals surface area contributed by atoms with Crippen molar-refractivity contribution in [1.29, 1.82) is 0 Å². The Labute approximate surface area is 135 Å². The maximum Gasteiger partial charge on any atom is 0.410 e. The number of hydrogen-bond acceptors (Lipinski definition) is 6. The van der Waals surface area contributed by atoms with E-state index in [0.29, 0.717) is 11.3 Å². The molecule has 1 fully saturated rings. The highest BCUT2D eigenvalue weighted by Crippen LogP contribution is 2.14. The Balaban J connectivity index is 0.000000172. The summed E-state index contributed by atoms with van der Waals surface area (Å²) in [5, 5.41) is 6.43. The number of hydrogen-bond donors (Lipinski definition) is 2. The van der Waals surface area contributed by atoms with Crippen LogP contribution in [0.4, 0.5) is 10.6 Å². The highest BCUT2D eigenvalue weighted by atomic mass is 16.6. The van der Waals surface area contributed by atoms with Gasteiger partial charge in [0, 0.05) is 13.1 Å². The minimum absolute atomic E-state index is 0.160. The second-order valence-electron chi connectivity index (χ2n) is 6.42. The van der Waals surface area contributed by atoms with Crippen LogP contribution in [0.3, 0.4) is 0 Å². The SMILES string of the molecule is CC(C)(C)OC(=O)N1CCCCC1.Nc1n[nH]c2cncnc12. The number of carbonyl (C=O) groups is 1. The summed E-state index contributed by atoms with van der Waals surface area (Å²) in [7, 11) is 0. The van der Waals surface area contributed by atoms with E-state index in [9.17, 15) is 4.79 Å². The van der Waals surface area contributed by atoms with Crippen LogP contribution in [-0.4, -0.2) is 49.8 Å². The Morgan fingerprint density at radius 1 is 1.30 bits per heavy atom. The molecular weight excluding hydrogens is 296 g/mol. The van der Waals surface area contributed by atoms with Crippen molar-refractivity contribution >= 4 is 22.9 Å². The van der Waals surface area contributed by atoms with Gasteiger partial charge in [-0.2, -0.15) is 5.10 Å². The lowest BCUT2D eigenvalue weighted by molar-refractivity contribution is 0.0216. The van der Waals surface area contributed by atoms with Crippen molar-refractivity contribution in [2.24, 2.45) is 0 Å². The molecule has 126 valence electrons. The van der Waals surface area contributed by atoms with E-state index in [1.54, 1.807) is 11.1 Å². The lowest BCUT2D eigenvalue weighted by Gasteiger charge is -2.29. The Hall–Kier alpha value is -2.38.